The van der Waals surface area contributed by atoms with Crippen molar-refractivity contribution < 1.29 is 14.3 Å². The van der Waals surface area contributed by atoms with Gasteiger partial charge in [-0.25, -0.2) is 0 Å². The van der Waals surface area contributed by atoms with Gasteiger partial charge in [-0.1, -0.05) is 51.1 Å². The molecule has 2 heterocycles. The first kappa shape index (κ1) is 18.1. The summed E-state index contributed by atoms with van der Waals surface area (Å²) in [5.41, 5.74) is 2.67. The zero-order chi connectivity index (χ0) is 18.4. The molecule has 1 aromatic carbocycles. The highest BCUT2D eigenvalue weighted by Crippen LogP contribution is 2.47. The molecular weight excluding hydrogens is 330 g/mol. The molecule has 5 heteroatoms. The SMILES string of the molecule is COc1c(-c2ccccc2)c(O)c2n1C[C@H](O[Si](C)(C)C(C)(C)C)C2. The third kappa shape index (κ3) is 3.11. The number of fused-ring (bicyclic) bond motifs is 1. The summed E-state index contributed by atoms with van der Waals surface area (Å²) in [7, 11) is -0.177. The second-order valence-corrected chi connectivity index (χ2v) is 13.1. The molecular formula is C20H29NO3Si. The average molecular weight is 360 g/mol. The molecule has 4 nitrogen and oxygen atoms in total. The van der Waals surface area contributed by atoms with Crippen molar-refractivity contribution >= 4 is 8.32 Å². The third-order valence-corrected chi connectivity index (χ3v) is 10.2. The van der Waals surface area contributed by atoms with Crippen LogP contribution in [0.2, 0.25) is 18.1 Å². The van der Waals surface area contributed by atoms with E-state index in [1.54, 1.807) is 7.11 Å². The van der Waals surface area contributed by atoms with Gasteiger partial charge in [-0.15, -0.1) is 0 Å². The fraction of sp³-hybridized carbons (Fsp3) is 0.500. The topological polar surface area (TPSA) is 43.6 Å². The molecule has 0 aliphatic carbocycles. The van der Waals surface area contributed by atoms with Gasteiger partial charge in [0.15, 0.2) is 8.32 Å². The Labute approximate surface area is 151 Å². The summed E-state index contributed by atoms with van der Waals surface area (Å²) in [6.07, 6.45) is 0.821. The minimum absolute atomic E-state index is 0.0977. The van der Waals surface area contributed by atoms with E-state index in [4.69, 9.17) is 9.16 Å². The highest BCUT2D eigenvalue weighted by atomic mass is 28.4. The lowest BCUT2D eigenvalue weighted by Gasteiger charge is -2.38. The van der Waals surface area contributed by atoms with Crippen molar-refractivity contribution in [2.45, 2.75) is 58.0 Å². The maximum atomic E-state index is 10.8. The lowest BCUT2D eigenvalue weighted by molar-refractivity contribution is 0.178. The zero-order valence-electron chi connectivity index (χ0n) is 16.1. The molecule has 1 aliphatic rings. The van der Waals surface area contributed by atoms with Crippen molar-refractivity contribution in [3.8, 4) is 22.8 Å². The largest absolute Gasteiger partial charge is 0.505 e. The van der Waals surface area contributed by atoms with Crippen molar-refractivity contribution in [1.82, 2.24) is 4.57 Å². The van der Waals surface area contributed by atoms with Crippen LogP contribution < -0.4 is 4.74 Å². The Morgan fingerprint density at radius 1 is 1.16 bits per heavy atom. The Morgan fingerprint density at radius 2 is 1.80 bits per heavy atom. The van der Waals surface area contributed by atoms with Gasteiger partial charge in [-0.2, -0.15) is 0 Å². The summed E-state index contributed by atoms with van der Waals surface area (Å²) in [5, 5.41) is 11.0. The van der Waals surface area contributed by atoms with E-state index in [-0.39, 0.29) is 11.1 Å². The van der Waals surface area contributed by atoms with E-state index in [0.29, 0.717) is 5.75 Å². The van der Waals surface area contributed by atoms with Crippen molar-refractivity contribution in [3.05, 3.63) is 36.0 Å². The van der Waals surface area contributed by atoms with Crippen molar-refractivity contribution in [1.29, 1.82) is 0 Å². The van der Waals surface area contributed by atoms with Gasteiger partial charge in [0.2, 0.25) is 5.88 Å². The number of methoxy groups -OCH3 is 1. The molecule has 2 aromatic rings. The van der Waals surface area contributed by atoms with Crippen LogP contribution in [0, 0.1) is 0 Å². The van der Waals surface area contributed by atoms with Gasteiger partial charge in [0.1, 0.15) is 5.75 Å². The van der Waals surface area contributed by atoms with Crippen LogP contribution in [0.25, 0.3) is 11.1 Å². The second kappa shape index (κ2) is 6.22. The zero-order valence-corrected chi connectivity index (χ0v) is 17.1. The maximum Gasteiger partial charge on any atom is 0.205 e. The lowest BCUT2D eigenvalue weighted by Crippen LogP contribution is -2.44. The lowest BCUT2D eigenvalue weighted by atomic mass is 10.1. The number of hydrogen-bond donors (Lipinski definition) is 1. The molecule has 1 N–H and O–H groups in total. The Hall–Kier alpha value is -1.72. The monoisotopic (exact) mass is 359 g/mol. The number of rotatable bonds is 4. The standard InChI is InChI=1S/C20H29NO3Si/c1-20(2,3)25(5,6)24-15-12-16-18(22)17(14-10-8-7-9-11-14)19(23-4)21(16)13-15/h7-11,15,22H,12-13H2,1-6H3/t15-/m1/s1. The van der Waals surface area contributed by atoms with Gasteiger partial charge in [-0.05, 0) is 23.7 Å². The van der Waals surface area contributed by atoms with Crippen LogP contribution in [0.5, 0.6) is 11.6 Å². The van der Waals surface area contributed by atoms with Crippen LogP contribution >= 0.6 is 0 Å². The van der Waals surface area contributed by atoms with E-state index >= 15 is 0 Å². The first-order valence-corrected chi connectivity index (χ1v) is 11.8. The van der Waals surface area contributed by atoms with Gasteiger partial charge in [0.25, 0.3) is 0 Å². The normalized spacial score (nSPS) is 17.6. The van der Waals surface area contributed by atoms with E-state index < -0.39 is 8.32 Å². The van der Waals surface area contributed by atoms with Gasteiger partial charge in [-0.3, -0.25) is 0 Å². The first-order valence-electron chi connectivity index (χ1n) is 8.87. The molecule has 0 unspecified atom stereocenters. The van der Waals surface area contributed by atoms with Gasteiger partial charge >= 0.3 is 0 Å². The van der Waals surface area contributed by atoms with Crippen LogP contribution in [-0.2, 0) is 17.4 Å². The predicted octanol–water partition coefficient (Wildman–Crippen LogP) is 4.82. The van der Waals surface area contributed by atoms with Crippen LogP contribution in [0.15, 0.2) is 30.3 Å². The van der Waals surface area contributed by atoms with Crippen LogP contribution in [-0.4, -0.2) is 31.2 Å². The molecule has 0 spiro atoms. The third-order valence-electron chi connectivity index (χ3n) is 5.63. The summed E-state index contributed by atoms with van der Waals surface area (Å²) in [6.45, 7) is 12.0. The molecule has 25 heavy (non-hydrogen) atoms. The van der Waals surface area contributed by atoms with Crippen molar-refractivity contribution in [2.75, 3.05) is 7.11 Å². The maximum absolute atomic E-state index is 10.8. The summed E-state index contributed by atoms with van der Waals surface area (Å²) >= 11 is 0. The average Bonchev–Trinajstić information content (AvgIpc) is 3.04. The fourth-order valence-electron chi connectivity index (χ4n) is 3.26. The molecule has 3 rings (SSSR count). The molecule has 1 atom stereocenters. The highest BCUT2D eigenvalue weighted by Gasteiger charge is 2.42. The number of aromatic nitrogens is 1. The van der Waals surface area contributed by atoms with Gasteiger partial charge in [0, 0.05) is 6.42 Å². The molecule has 0 fully saturated rings. The smallest absolute Gasteiger partial charge is 0.205 e. The number of aromatic hydroxyl groups is 1. The van der Waals surface area contributed by atoms with E-state index in [2.05, 4.69) is 38.4 Å². The molecule has 1 aliphatic heterocycles. The van der Waals surface area contributed by atoms with Crippen molar-refractivity contribution in [2.24, 2.45) is 0 Å². The van der Waals surface area contributed by atoms with E-state index in [0.717, 1.165) is 35.7 Å². The summed E-state index contributed by atoms with van der Waals surface area (Å²) in [4.78, 5) is 0. The molecule has 0 amide bonds. The number of nitrogens with zero attached hydrogens (tertiary/aromatic N) is 1. The predicted molar refractivity (Wildman–Crippen MR) is 104 cm³/mol. The Morgan fingerprint density at radius 3 is 2.36 bits per heavy atom. The molecule has 136 valence electrons. The number of benzene rings is 1. The van der Waals surface area contributed by atoms with Gasteiger partial charge < -0.3 is 18.8 Å². The summed E-state index contributed by atoms with van der Waals surface area (Å²) in [5.74, 6) is 1.05. The number of hydrogen-bond acceptors (Lipinski definition) is 3. The Kier molecular flexibility index (Phi) is 4.50. The Bertz CT molecular complexity index is 759. The van der Waals surface area contributed by atoms with Crippen LogP contribution in [0.1, 0.15) is 26.5 Å². The van der Waals surface area contributed by atoms with Crippen LogP contribution in [0.4, 0.5) is 0 Å². The Balaban J connectivity index is 1.91. The van der Waals surface area contributed by atoms with E-state index in [1.807, 2.05) is 30.3 Å². The highest BCUT2D eigenvalue weighted by molar-refractivity contribution is 6.74. The molecule has 0 saturated carbocycles. The first-order chi connectivity index (χ1) is 11.7. The summed E-state index contributed by atoms with van der Waals surface area (Å²) in [6, 6.07) is 9.91. The van der Waals surface area contributed by atoms with E-state index in [9.17, 15) is 5.11 Å². The number of ether oxygens (including phenoxy) is 1. The van der Waals surface area contributed by atoms with Crippen LogP contribution in [0.3, 0.4) is 0 Å². The van der Waals surface area contributed by atoms with E-state index in [1.165, 1.54) is 0 Å². The van der Waals surface area contributed by atoms with Gasteiger partial charge in [0.05, 0.1) is 31.0 Å². The molecule has 0 saturated heterocycles. The molecule has 1 aromatic heterocycles. The second-order valence-electron chi connectivity index (χ2n) is 8.36. The molecule has 0 bridgehead atoms. The minimum atomic E-state index is -1.84. The quantitative estimate of drug-likeness (QED) is 0.796. The molecule has 0 radical (unpaired) electrons. The fourth-order valence-corrected chi connectivity index (χ4v) is 4.61. The minimum Gasteiger partial charge on any atom is -0.505 e. The summed E-state index contributed by atoms with van der Waals surface area (Å²) < 4.78 is 14.3. The van der Waals surface area contributed by atoms with Crippen molar-refractivity contribution in [3.63, 3.8) is 0 Å².